The van der Waals surface area contributed by atoms with Crippen molar-refractivity contribution < 1.29 is 58.5 Å². The summed E-state index contributed by atoms with van der Waals surface area (Å²) in [4.78, 5) is 15.4. The fraction of sp³-hybridized carbons (Fsp3) is 0.259. The van der Waals surface area contributed by atoms with Gasteiger partial charge in [0, 0.05) is 23.5 Å². The SMILES string of the molecule is CC(C)c1nc(-c2ccccc2)cc(-c2ccc(F)cc2)c1/C=C/[C@@H](O)[C@H](F)[C@@H](O)CC(=O)[O-].[Na+]. The second kappa shape index (κ2) is 13.0. The summed E-state index contributed by atoms with van der Waals surface area (Å²) < 4.78 is 28.0. The van der Waals surface area contributed by atoms with E-state index in [0.29, 0.717) is 28.1 Å². The van der Waals surface area contributed by atoms with E-state index in [1.165, 1.54) is 18.2 Å². The summed E-state index contributed by atoms with van der Waals surface area (Å²) in [5.74, 6) is -2.06. The number of carboxylic acid groups (broad SMARTS) is 1. The predicted molar refractivity (Wildman–Crippen MR) is 125 cm³/mol. The minimum absolute atomic E-state index is 0. The molecule has 2 N–H and O–H groups in total. The van der Waals surface area contributed by atoms with Crippen LogP contribution in [0.2, 0.25) is 0 Å². The summed E-state index contributed by atoms with van der Waals surface area (Å²) in [6.45, 7) is 3.89. The molecule has 0 amide bonds. The van der Waals surface area contributed by atoms with E-state index in [1.807, 2.05) is 50.2 Å². The van der Waals surface area contributed by atoms with Crippen molar-refractivity contribution in [2.45, 2.75) is 44.6 Å². The fourth-order valence-corrected chi connectivity index (χ4v) is 3.63. The van der Waals surface area contributed by atoms with Gasteiger partial charge in [0.25, 0.3) is 0 Å². The van der Waals surface area contributed by atoms with E-state index in [1.54, 1.807) is 12.1 Å². The zero-order valence-corrected chi connectivity index (χ0v) is 21.9. The maximum Gasteiger partial charge on any atom is 1.00 e. The number of hydrogen-bond donors (Lipinski definition) is 2. The molecule has 3 aromatic rings. The molecule has 8 heteroatoms. The zero-order chi connectivity index (χ0) is 24.8. The van der Waals surface area contributed by atoms with Crippen LogP contribution in [0.3, 0.4) is 0 Å². The zero-order valence-electron chi connectivity index (χ0n) is 19.9. The van der Waals surface area contributed by atoms with E-state index in [-0.39, 0.29) is 41.3 Å². The Hall–Kier alpha value is -2.42. The number of carbonyl (C=O) groups excluding carboxylic acids is 1. The molecule has 0 saturated heterocycles. The smallest absolute Gasteiger partial charge is 0.550 e. The van der Waals surface area contributed by atoms with Gasteiger partial charge >= 0.3 is 29.6 Å². The maximum absolute atomic E-state index is 14.4. The molecule has 3 rings (SSSR count). The molecule has 0 saturated carbocycles. The van der Waals surface area contributed by atoms with Crippen molar-refractivity contribution >= 4 is 12.0 Å². The third-order valence-electron chi connectivity index (χ3n) is 5.39. The largest absolute Gasteiger partial charge is 1.00 e. The van der Waals surface area contributed by atoms with Crippen molar-refractivity contribution in [3.63, 3.8) is 0 Å². The number of benzene rings is 2. The minimum Gasteiger partial charge on any atom is -0.550 e. The van der Waals surface area contributed by atoms with Crippen LogP contribution in [-0.4, -0.2) is 39.5 Å². The van der Waals surface area contributed by atoms with Crippen LogP contribution in [0, 0.1) is 5.82 Å². The average Bonchev–Trinajstić information content (AvgIpc) is 2.82. The van der Waals surface area contributed by atoms with Gasteiger partial charge in [-0.15, -0.1) is 0 Å². The summed E-state index contributed by atoms with van der Waals surface area (Å²) in [6, 6.07) is 17.3. The molecule has 0 bridgehead atoms. The number of aliphatic hydroxyl groups excluding tert-OH is 2. The molecule has 0 radical (unpaired) electrons. The van der Waals surface area contributed by atoms with Gasteiger partial charge in [-0.3, -0.25) is 4.98 Å². The van der Waals surface area contributed by atoms with Gasteiger partial charge in [0.1, 0.15) is 11.9 Å². The molecule has 35 heavy (non-hydrogen) atoms. The number of pyridine rings is 1. The van der Waals surface area contributed by atoms with E-state index in [0.717, 1.165) is 11.6 Å². The quantitative estimate of drug-likeness (QED) is 0.436. The third kappa shape index (κ3) is 7.53. The van der Waals surface area contributed by atoms with Crippen molar-refractivity contribution in [3.8, 4) is 22.4 Å². The summed E-state index contributed by atoms with van der Waals surface area (Å²) in [5, 5.41) is 30.5. The molecule has 0 spiro atoms. The van der Waals surface area contributed by atoms with Crippen LogP contribution in [0.1, 0.15) is 37.4 Å². The van der Waals surface area contributed by atoms with Crippen LogP contribution in [0.25, 0.3) is 28.5 Å². The van der Waals surface area contributed by atoms with Gasteiger partial charge in [-0.2, -0.15) is 0 Å². The van der Waals surface area contributed by atoms with E-state index in [2.05, 4.69) is 0 Å². The van der Waals surface area contributed by atoms with Crippen molar-refractivity contribution in [2.24, 2.45) is 0 Å². The first-order valence-corrected chi connectivity index (χ1v) is 10.9. The van der Waals surface area contributed by atoms with Crippen molar-refractivity contribution in [1.82, 2.24) is 4.98 Å². The number of nitrogens with zero attached hydrogens (tertiary/aromatic N) is 1. The molecular formula is C27H26F2NNaO4. The molecule has 1 heterocycles. The minimum atomic E-state index is -2.22. The third-order valence-corrected chi connectivity index (χ3v) is 5.39. The van der Waals surface area contributed by atoms with Gasteiger partial charge in [-0.1, -0.05) is 68.5 Å². The Bertz CT molecular complexity index is 1150. The number of aliphatic carboxylic acids is 1. The molecular weight excluding hydrogens is 463 g/mol. The number of hydrogen-bond acceptors (Lipinski definition) is 5. The van der Waals surface area contributed by atoms with E-state index >= 15 is 0 Å². The molecule has 0 fully saturated rings. The number of alkyl halides is 1. The number of aliphatic hydroxyl groups is 2. The van der Waals surface area contributed by atoms with Crippen LogP contribution < -0.4 is 34.7 Å². The average molecular weight is 489 g/mol. The Morgan fingerprint density at radius 3 is 2.26 bits per heavy atom. The summed E-state index contributed by atoms with van der Waals surface area (Å²) in [7, 11) is 0. The van der Waals surface area contributed by atoms with Gasteiger partial charge in [-0.05, 0) is 35.2 Å². The second-order valence-electron chi connectivity index (χ2n) is 8.32. The maximum atomic E-state index is 14.4. The Balaban J connectivity index is 0.00000432. The fourth-order valence-electron chi connectivity index (χ4n) is 3.63. The molecule has 1 aromatic heterocycles. The van der Waals surface area contributed by atoms with Crippen molar-refractivity contribution in [2.75, 3.05) is 0 Å². The Labute approximate surface area is 225 Å². The van der Waals surface area contributed by atoms with Crippen LogP contribution in [0.15, 0.2) is 66.7 Å². The number of carbonyl (C=O) groups is 1. The van der Waals surface area contributed by atoms with E-state index in [4.69, 9.17) is 4.98 Å². The van der Waals surface area contributed by atoms with Crippen LogP contribution in [-0.2, 0) is 4.79 Å². The van der Waals surface area contributed by atoms with Crippen molar-refractivity contribution in [1.29, 1.82) is 0 Å². The monoisotopic (exact) mass is 489 g/mol. The molecule has 0 aliphatic rings. The summed E-state index contributed by atoms with van der Waals surface area (Å²) in [6.07, 6.45) is -4.17. The molecule has 0 aliphatic heterocycles. The van der Waals surface area contributed by atoms with Crippen LogP contribution in [0.5, 0.6) is 0 Å². The predicted octanol–water partition coefficient (Wildman–Crippen LogP) is 0.895. The number of rotatable bonds is 9. The molecule has 178 valence electrons. The summed E-state index contributed by atoms with van der Waals surface area (Å²) >= 11 is 0. The Kier molecular flexibility index (Phi) is 10.7. The number of carboxylic acids is 1. The van der Waals surface area contributed by atoms with Gasteiger partial charge in [0.15, 0.2) is 6.17 Å². The topological polar surface area (TPSA) is 93.5 Å². The first-order chi connectivity index (χ1) is 16.2. The molecule has 2 aromatic carbocycles. The molecule has 0 aliphatic carbocycles. The number of aromatic nitrogens is 1. The molecule has 5 nitrogen and oxygen atoms in total. The normalized spacial score (nSPS) is 13.9. The van der Waals surface area contributed by atoms with Crippen molar-refractivity contribution in [3.05, 3.63) is 83.8 Å². The van der Waals surface area contributed by atoms with Crippen LogP contribution >= 0.6 is 0 Å². The number of halogens is 2. The van der Waals surface area contributed by atoms with Gasteiger partial charge in [-0.25, -0.2) is 8.78 Å². The van der Waals surface area contributed by atoms with E-state index in [9.17, 15) is 28.9 Å². The standard InChI is InChI=1S/C27H27F2NO4.Na/c1-16(2)27-20(12-13-23(31)26(29)24(32)15-25(33)34)21(17-8-10-19(28)11-9-17)14-22(30-27)18-6-4-3-5-7-18;/h3-14,16,23-24,26,31-32H,15H2,1-2H3,(H,33,34);/q;+1/p-1/b13-12+;/t23-,24+,26+;/m1./s1. The van der Waals surface area contributed by atoms with Gasteiger partial charge in [0.05, 0.1) is 17.5 Å². The first-order valence-electron chi connectivity index (χ1n) is 10.9. The first kappa shape index (κ1) is 28.8. The Morgan fingerprint density at radius 1 is 1.06 bits per heavy atom. The van der Waals surface area contributed by atoms with Crippen LogP contribution in [0.4, 0.5) is 8.78 Å². The second-order valence-corrected chi connectivity index (χ2v) is 8.32. The van der Waals surface area contributed by atoms with Gasteiger partial charge < -0.3 is 20.1 Å². The molecule has 0 unspecified atom stereocenters. The van der Waals surface area contributed by atoms with Gasteiger partial charge in [0.2, 0.25) is 0 Å². The summed E-state index contributed by atoms with van der Waals surface area (Å²) in [5.41, 5.74) is 4.26. The molecule has 3 atom stereocenters. The van der Waals surface area contributed by atoms with E-state index < -0.39 is 30.8 Å². The Morgan fingerprint density at radius 2 is 1.69 bits per heavy atom.